The number of Topliss-reactive ketones (excluding diaryl/α,β-unsaturated/α-hetero) is 1. The van der Waals surface area contributed by atoms with Gasteiger partial charge in [-0.1, -0.05) is 49.6 Å². The SMILES string of the molecule is CC(C)(C)OC(=O)[C@]1(C(=O)OCc2ccccc2)CC(C(=O)C2CC3CCCCC3CN2)CN1. The molecule has 2 aliphatic heterocycles. The van der Waals surface area contributed by atoms with Crippen molar-refractivity contribution in [3.8, 4) is 0 Å². The molecule has 0 bridgehead atoms. The zero-order valence-electron chi connectivity index (χ0n) is 20.6. The summed E-state index contributed by atoms with van der Waals surface area (Å²) in [4.78, 5) is 40.0. The molecule has 0 radical (unpaired) electrons. The second kappa shape index (κ2) is 10.2. The van der Waals surface area contributed by atoms with Crippen molar-refractivity contribution >= 4 is 17.7 Å². The number of carbonyl (C=O) groups excluding carboxylic acids is 3. The summed E-state index contributed by atoms with van der Waals surface area (Å²) < 4.78 is 11.2. The lowest BCUT2D eigenvalue weighted by atomic mass is 9.72. The van der Waals surface area contributed by atoms with Crippen molar-refractivity contribution in [1.29, 1.82) is 0 Å². The molecule has 4 rings (SSSR count). The summed E-state index contributed by atoms with van der Waals surface area (Å²) in [5, 5.41) is 6.51. The van der Waals surface area contributed by atoms with E-state index in [0.29, 0.717) is 11.8 Å². The van der Waals surface area contributed by atoms with E-state index in [0.717, 1.165) is 18.5 Å². The Balaban J connectivity index is 1.46. The normalized spacial score (nSPS) is 31.4. The Hall–Kier alpha value is -2.25. The van der Waals surface area contributed by atoms with Crippen molar-refractivity contribution in [2.75, 3.05) is 13.1 Å². The fourth-order valence-corrected chi connectivity index (χ4v) is 5.66. The lowest BCUT2D eigenvalue weighted by Crippen LogP contribution is -2.57. The maximum atomic E-state index is 13.5. The number of piperidine rings is 1. The molecular formula is C27H38N2O5. The summed E-state index contributed by atoms with van der Waals surface area (Å²) in [6.45, 7) is 6.47. The fourth-order valence-electron chi connectivity index (χ4n) is 5.66. The van der Waals surface area contributed by atoms with Gasteiger partial charge in [-0.05, 0) is 64.0 Å². The lowest BCUT2D eigenvalue weighted by molar-refractivity contribution is -0.173. The third-order valence-corrected chi connectivity index (χ3v) is 7.49. The quantitative estimate of drug-likeness (QED) is 0.487. The summed E-state index contributed by atoms with van der Waals surface area (Å²) in [5.41, 5.74) is -1.62. The van der Waals surface area contributed by atoms with E-state index in [1.807, 2.05) is 30.3 Å². The van der Waals surface area contributed by atoms with Gasteiger partial charge in [0, 0.05) is 12.5 Å². The van der Waals surface area contributed by atoms with Crippen LogP contribution >= 0.6 is 0 Å². The minimum atomic E-state index is -1.68. The second-order valence-corrected chi connectivity index (χ2v) is 11.2. The number of carbonyl (C=O) groups is 3. The number of nitrogens with one attached hydrogen (secondary N) is 2. The first-order valence-electron chi connectivity index (χ1n) is 12.6. The predicted octanol–water partition coefficient (Wildman–Crippen LogP) is 3.16. The first-order valence-corrected chi connectivity index (χ1v) is 12.6. The number of esters is 2. The smallest absolute Gasteiger partial charge is 0.338 e. The van der Waals surface area contributed by atoms with Crippen LogP contribution in [-0.2, 0) is 30.5 Å². The third-order valence-electron chi connectivity index (χ3n) is 7.49. The molecule has 1 aliphatic carbocycles. The van der Waals surface area contributed by atoms with Crippen LogP contribution in [0.3, 0.4) is 0 Å². The molecule has 2 heterocycles. The highest BCUT2D eigenvalue weighted by molar-refractivity contribution is 6.06. The number of benzene rings is 1. The van der Waals surface area contributed by atoms with Crippen LogP contribution < -0.4 is 10.6 Å². The van der Waals surface area contributed by atoms with Crippen LogP contribution in [0.25, 0.3) is 0 Å². The molecule has 3 aliphatic rings. The molecule has 3 fully saturated rings. The van der Waals surface area contributed by atoms with Gasteiger partial charge in [0.05, 0.1) is 6.04 Å². The van der Waals surface area contributed by atoms with E-state index >= 15 is 0 Å². The molecule has 1 aromatic rings. The van der Waals surface area contributed by atoms with Gasteiger partial charge in [-0.15, -0.1) is 0 Å². The Labute approximate surface area is 202 Å². The highest BCUT2D eigenvalue weighted by Gasteiger charge is 2.57. The minimum Gasteiger partial charge on any atom is -0.459 e. The van der Waals surface area contributed by atoms with Gasteiger partial charge >= 0.3 is 11.9 Å². The highest BCUT2D eigenvalue weighted by atomic mass is 16.6. The van der Waals surface area contributed by atoms with Crippen molar-refractivity contribution in [3.05, 3.63) is 35.9 Å². The largest absolute Gasteiger partial charge is 0.459 e. The summed E-state index contributed by atoms with van der Waals surface area (Å²) in [6, 6.07) is 9.11. The number of ketones is 1. The monoisotopic (exact) mass is 470 g/mol. The van der Waals surface area contributed by atoms with Crippen LogP contribution in [0.1, 0.15) is 64.9 Å². The lowest BCUT2D eigenvalue weighted by Gasteiger charge is -2.40. The molecule has 186 valence electrons. The molecule has 2 saturated heterocycles. The summed E-state index contributed by atoms with van der Waals surface area (Å²) in [5.74, 6) is -0.493. The van der Waals surface area contributed by atoms with Crippen LogP contribution in [0.4, 0.5) is 0 Å². The van der Waals surface area contributed by atoms with Crippen LogP contribution in [0.15, 0.2) is 30.3 Å². The maximum Gasteiger partial charge on any atom is 0.338 e. The maximum absolute atomic E-state index is 13.5. The van der Waals surface area contributed by atoms with Crippen molar-refractivity contribution in [3.63, 3.8) is 0 Å². The van der Waals surface area contributed by atoms with Crippen molar-refractivity contribution in [2.24, 2.45) is 17.8 Å². The molecule has 0 spiro atoms. The van der Waals surface area contributed by atoms with Gasteiger partial charge in [-0.2, -0.15) is 0 Å². The van der Waals surface area contributed by atoms with E-state index in [4.69, 9.17) is 9.47 Å². The number of rotatable bonds is 6. The molecule has 2 N–H and O–H groups in total. The molecule has 4 unspecified atom stereocenters. The average Bonchev–Trinajstić information content (AvgIpc) is 3.28. The summed E-state index contributed by atoms with van der Waals surface area (Å²) in [7, 11) is 0. The average molecular weight is 471 g/mol. The number of ether oxygens (including phenoxy) is 2. The van der Waals surface area contributed by atoms with Crippen molar-refractivity contribution in [2.45, 2.75) is 83.1 Å². The number of hydrogen-bond acceptors (Lipinski definition) is 7. The van der Waals surface area contributed by atoms with Crippen LogP contribution in [0.2, 0.25) is 0 Å². The first-order chi connectivity index (χ1) is 16.2. The molecule has 7 nitrogen and oxygen atoms in total. The van der Waals surface area contributed by atoms with Gasteiger partial charge in [0.25, 0.3) is 0 Å². The molecule has 34 heavy (non-hydrogen) atoms. The first kappa shape index (κ1) is 24.9. The van der Waals surface area contributed by atoms with Crippen LogP contribution in [0.5, 0.6) is 0 Å². The van der Waals surface area contributed by atoms with E-state index < -0.39 is 29.0 Å². The van der Waals surface area contributed by atoms with Gasteiger partial charge in [0.15, 0.2) is 5.78 Å². The molecular weight excluding hydrogens is 432 g/mol. The Morgan fingerprint density at radius 1 is 1.00 bits per heavy atom. The van der Waals surface area contributed by atoms with Crippen LogP contribution in [0, 0.1) is 17.8 Å². The van der Waals surface area contributed by atoms with E-state index in [1.54, 1.807) is 20.8 Å². The molecule has 0 aromatic heterocycles. The molecule has 5 atom stereocenters. The van der Waals surface area contributed by atoms with Gasteiger partial charge < -0.3 is 14.8 Å². The zero-order valence-corrected chi connectivity index (χ0v) is 20.6. The zero-order chi connectivity index (χ0) is 24.3. The summed E-state index contributed by atoms with van der Waals surface area (Å²) in [6.07, 6.45) is 5.84. The number of fused-ring (bicyclic) bond motifs is 1. The molecule has 0 amide bonds. The highest BCUT2D eigenvalue weighted by Crippen LogP contribution is 2.37. The topological polar surface area (TPSA) is 93.7 Å². The molecule has 1 aromatic carbocycles. The predicted molar refractivity (Wildman–Crippen MR) is 128 cm³/mol. The van der Waals surface area contributed by atoms with Gasteiger partial charge in [0.2, 0.25) is 5.54 Å². The Morgan fingerprint density at radius 3 is 2.41 bits per heavy atom. The molecule has 7 heteroatoms. The van der Waals surface area contributed by atoms with E-state index in [2.05, 4.69) is 10.6 Å². The van der Waals surface area contributed by atoms with E-state index in [9.17, 15) is 14.4 Å². The fraction of sp³-hybridized carbons (Fsp3) is 0.667. The Bertz CT molecular complexity index is 896. The van der Waals surface area contributed by atoms with Crippen molar-refractivity contribution in [1.82, 2.24) is 10.6 Å². The van der Waals surface area contributed by atoms with Crippen LogP contribution in [-0.4, -0.2) is 48.0 Å². The molecule has 1 saturated carbocycles. The Morgan fingerprint density at radius 2 is 1.71 bits per heavy atom. The minimum absolute atomic E-state index is 0.0533. The standard InChI is InChI=1S/C27H38N2O5/c1-26(2,3)34-25(32)27(24(31)33-17-18-9-5-4-6-10-18)14-21(16-29-27)23(30)22-13-19-11-7-8-12-20(19)15-28-22/h4-6,9-10,19-22,28-29H,7-8,11-17H2,1-3H3/t19?,20?,21?,22?,27-/m1/s1. The second-order valence-electron chi connectivity index (χ2n) is 11.2. The van der Waals surface area contributed by atoms with Crippen molar-refractivity contribution < 1.29 is 23.9 Å². The Kier molecular flexibility index (Phi) is 7.43. The van der Waals surface area contributed by atoms with Gasteiger partial charge in [-0.25, -0.2) is 9.59 Å². The third kappa shape index (κ3) is 5.52. The van der Waals surface area contributed by atoms with E-state index in [1.165, 1.54) is 25.7 Å². The van der Waals surface area contributed by atoms with Gasteiger partial charge in [0.1, 0.15) is 12.2 Å². The van der Waals surface area contributed by atoms with Gasteiger partial charge in [-0.3, -0.25) is 10.1 Å². The van der Waals surface area contributed by atoms with E-state index in [-0.39, 0.29) is 31.4 Å². The summed E-state index contributed by atoms with van der Waals surface area (Å²) >= 11 is 0. The number of hydrogen-bond donors (Lipinski definition) is 2.